The van der Waals surface area contributed by atoms with Gasteiger partial charge in [-0.25, -0.2) is 0 Å². The normalized spacial score (nSPS) is 14.0. The van der Waals surface area contributed by atoms with E-state index in [1.165, 1.54) is 47.9 Å². The molecule has 0 N–H and O–H groups in total. The van der Waals surface area contributed by atoms with Crippen molar-refractivity contribution in [2.45, 2.75) is 105 Å². The molecule has 0 heterocycles. The van der Waals surface area contributed by atoms with Gasteiger partial charge in [0.05, 0.1) is 0 Å². The Bertz CT molecular complexity index is 768. The zero-order chi connectivity index (χ0) is 24.2. The topological polar surface area (TPSA) is 27.7 Å². The van der Waals surface area contributed by atoms with Gasteiger partial charge in [-0.05, 0) is 84.7 Å². The fourth-order valence-electron chi connectivity index (χ4n) is 3.90. The molecular formula is C29H45O3P. The van der Waals surface area contributed by atoms with Crippen molar-refractivity contribution in [1.29, 1.82) is 0 Å². The molecule has 0 aromatic heterocycles. The van der Waals surface area contributed by atoms with Gasteiger partial charge in [-0.3, -0.25) is 4.52 Å². The van der Waals surface area contributed by atoms with Gasteiger partial charge in [-0.2, -0.15) is 0 Å². The third-order valence-corrected chi connectivity index (χ3v) is 7.56. The molecule has 4 heteroatoms. The Morgan fingerprint density at radius 2 is 1.12 bits per heavy atom. The highest BCUT2D eigenvalue weighted by atomic mass is 31.2. The maximum Gasteiger partial charge on any atom is 0.462 e. The Kier molecular flexibility index (Phi) is 12.3. The van der Waals surface area contributed by atoms with E-state index in [4.69, 9.17) is 13.6 Å². The van der Waals surface area contributed by atoms with Gasteiger partial charge < -0.3 is 9.05 Å². The lowest BCUT2D eigenvalue weighted by Gasteiger charge is -2.23. The summed E-state index contributed by atoms with van der Waals surface area (Å²) >= 11 is 0. The Labute approximate surface area is 204 Å². The van der Waals surface area contributed by atoms with Gasteiger partial charge in [-0.15, -0.1) is 0 Å². The fourth-order valence-corrected chi connectivity index (χ4v) is 4.74. The van der Waals surface area contributed by atoms with Gasteiger partial charge >= 0.3 is 8.60 Å². The Morgan fingerprint density at radius 1 is 0.697 bits per heavy atom. The fraction of sp³-hybridized carbons (Fsp3) is 0.586. The smallest absolute Gasteiger partial charge is 0.417 e. The highest BCUT2D eigenvalue weighted by molar-refractivity contribution is 7.42. The summed E-state index contributed by atoms with van der Waals surface area (Å²) in [6.45, 7) is 13.4. The average Bonchev–Trinajstić information content (AvgIpc) is 2.85. The Balaban J connectivity index is 2.27. The van der Waals surface area contributed by atoms with Crippen LogP contribution in [0.5, 0.6) is 11.5 Å². The first-order valence-corrected chi connectivity index (χ1v) is 14.0. The van der Waals surface area contributed by atoms with Crippen LogP contribution in [-0.2, 0) is 17.4 Å². The van der Waals surface area contributed by atoms with E-state index in [1.54, 1.807) is 7.11 Å². The molecule has 0 saturated heterocycles. The first-order chi connectivity index (χ1) is 16.0. The summed E-state index contributed by atoms with van der Waals surface area (Å²) in [6, 6.07) is 13.2. The van der Waals surface area contributed by atoms with Gasteiger partial charge in [0.25, 0.3) is 0 Å². The molecule has 33 heavy (non-hydrogen) atoms. The van der Waals surface area contributed by atoms with Gasteiger partial charge in [-0.1, -0.05) is 78.6 Å². The third kappa shape index (κ3) is 8.30. The molecule has 2 unspecified atom stereocenters. The van der Waals surface area contributed by atoms with Crippen molar-refractivity contribution < 1.29 is 13.6 Å². The van der Waals surface area contributed by atoms with E-state index in [0.717, 1.165) is 37.2 Å². The first-order valence-electron chi connectivity index (χ1n) is 12.9. The largest absolute Gasteiger partial charge is 0.462 e. The van der Waals surface area contributed by atoms with E-state index in [1.807, 2.05) is 0 Å². The highest BCUT2D eigenvalue weighted by Crippen LogP contribution is 2.46. The average molecular weight is 473 g/mol. The predicted octanol–water partition coefficient (Wildman–Crippen LogP) is 9.73. The second kappa shape index (κ2) is 14.6. The second-order valence-electron chi connectivity index (χ2n) is 9.16. The zero-order valence-corrected chi connectivity index (χ0v) is 22.8. The van der Waals surface area contributed by atoms with Crippen molar-refractivity contribution in [3.63, 3.8) is 0 Å². The molecule has 184 valence electrons. The molecule has 0 radical (unpaired) electrons. The Morgan fingerprint density at radius 3 is 1.45 bits per heavy atom. The number of rotatable bonds is 15. The minimum absolute atomic E-state index is 0.420. The van der Waals surface area contributed by atoms with E-state index in [-0.39, 0.29) is 0 Å². The summed E-state index contributed by atoms with van der Waals surface area (Å²) in [6.07, 6.45) is 9.18. The molecule has 2 aromatic carbocycles. The predicted molar refractivity (Wildman–Crippen MR) is 143 cm³/mol. The van der Waals surface area contributed by atoms with Crippen molar-refractivity contribution >= 4 is 8.60 Å². The number of aryl methyl sites for hydroxylation is 2. The van der Waals surface area contributed by atoms with E-state index >= 15 is 0 Å². The lowest BCUT2D eigenvalue weighted by atomic mass is 9.94. The quantitative estimate of drug-likeness (QED) is 0.241. The van der Waals surface area contributed by atoms with Crippen LogP contribution in [0.15, 0.2) is 36.4 Å². The van der Waals surface area contributed by atoms with Crippen LogP contribution in [0.4, 0.5) is 0 Å². The number of unbranched alkanes of at least 4 members (excludes halogenated alkanes) is 2. The molecular weight excluding hydrogens is 427 g/mol. The van der Waals surface area contributed by atoms with Gasteiger partial charge in [0.2, 0.25) is 0 Å². The standard InChI is InChI=1S/C29H45O3P/c1-8-12-14-24-16-18-28(26(20-24)22(5)10-3)31-33(30-7)32-29-19-17-25(15-13-9-2)21-27(29)23(6)11-4/h16-23H,8-15H2,1-7H3. The summed E-state index contributed by atoms with van der Waals surface area (Å²) in [5.74, 6) is 2.59. The number of hydrogen-bond donors (Lipinski definition) is 0. The van der Waals surface area contributed by atoms with Gasteiger partial charge in [0.15, 0.2) is 0 Å². The number of hydrogen-bond acceptors (Lipinski definition) is 3. The molecule has 2 aromatic rings. The van der Waals surface area contributed by atoms with Crippen LogP contribution in [0.2, 0.25) is 0 Å². The molecule has 0 aliphatic carbocycles. The molecule has 0 aliphatic rings. The maximum absolute atomic E-state index is 6.37. The SMILES string of the molecule is CCCCc1ccc(OP(OC)Oc2ccc(CCCC)cc2C(C)CC)c(C(C)CC)c1. The lowest BCUT2D eigenvalue weighted by molar-refractivity contribution is 0.320. The first kappa shape index (κ1) is 27.7. The van der Waals surface area contributed by atoms with Crippen molar-refractivity contribution in [1.82, 2.24) is 0 Å². The molecule has 0 bridgehead atoms. The minimum atomic E-state index is -1.54. The van der Waals surface area contributed by atoms with E-state index in [9.17, 15) is 0 Å². The van der Waals surface area contributed by atoms with Crippen LogP contribution in [0.1, 0.15) is 114 Å². The van der Waals surface area contributed by atoms with Crippen LogP contribution >= 0.6 is 8.60 Å². The van der Waals surface area contributed by atoms with Gasteiger partial charge in [0.1, 0.15) is 11.5 Å². The van der Waals surface area contributed by atoms with Crippen LogP contribution in [0, 0.1) is 0 Å². The third-order valence-electron chi connectivity index (χ3n) is 6.57. The summed E-state index contributed by atoms with van der Waals surface area (Å²) in [5.41, 5.74) is 5.25. The van der Waals surface area contributed by atoms with E-state index in [2.05, 4.69) is 77.9 Å². The van der Waals surface area contributed by atoms with E-state index < -0.39 is 8.60 Å². The summed E-state index contributed by atoms with van der Waals surface area (Å²) < 4.78 is 18.4. The lowest BCUT2D eigenvalue weighted by Crippen LogP contribution is -2.05. The van der Waals surface area contributed by atoms with Gasteiger partial charge in [0, 0.05) is 7.11 Å². The zero-order valence-electron chi connectivity index (χ0n) is 21.9. The molecule has 0 amide bonds. The summed E-state index contributed by atoms with van der Waals surface area (Å²) in [5, 5.41) is 0. The minimum Gasteiger partial charge on any atom is -0.417 e. The maximum atomic E-state index is 6.37. The van der Waals surface area contributed by atoms with Crippen molar-refractivity contribution in [2.75, 3.05) is 7.11 Å². The van der Waals surface area contributed by atoms with E-state index in [0.29, 0.717) is 11.8 Å². The highest BCUT2D eigenvalue weighted by Gasteiger charge is 2.22. The number of benzene rings is 2. The van der Waals surface area contributed by atoms with Crippen molar-refractivity contribution in [3.05, 3.63) is 58.7 Å². The van der Waals surface area contributed by atoms with Crippen LogP contribution in [-0.4, -0.2) is 7.11 Å². The molecule has 2 atom stereocenters. The summed E-state index contributed by atoms with van der Waals surface area (Å²) in [7, 11) is 0.125. The second-order valence-corrected chi connectivity index (χ2v) is 10.3. The molecule has 0 fully saturated rings. The molecule has 3 nitrogen and oxygen atoms in total. The molecule has 0 saturated carbocycles. The Hall–Kier alpha value is -1.57. The molecule has 0 aliphatic heterocycles. The molecule has 0 spiro atoms. The van der Waals surface area contributed by atoms with Crippen LogP contribution in [0.25, 0.3) is 0 Å². The van der Waals surface area contributed by atoms with Crippen molar-refractivity contribution in [3.8, 4) is 11.5 Å². The summed E-state index contributed by atoms with van der Waals surface area (Å²) in [4.78, 5) is 0. The van der Waals surface area contributed by atoms with Crippen molar-refractivity contribution in [2.24, 2.45) is 0 Å². The van der Waals surface area contributed by atoms with Crippen LogP contribution < -0.4 is 9.05 Å². The van der Waals surface area contributed by atoms with Crippen LogP contribution in [0.3, 0.4) is 0 Å². The monoisotopic (exact) mass is 472 g/mol. The molecule has 2 rings (SSSR count).